The third-order valence-corrected chi connectivity index (χ3v) is 2.95. The zero-order valence-corrected chi connectivity index (χ0v) is 8.30. The van der Waals surface area contributed by atoms with Crippen molar-refractivity contribution in [2.24, 2.45) is 5.92 Å². The van der Waals surface area contributed by atoms with E-state index in [0.29, 0.717) is 0 Å². The SMILES string of the molecule is CCN(CC)C1(C#N)CC(C)C1. The molecule has 1 rings (SSSR count). The molecule has 2 nitrogen and oxygen atoms in total. The first-order chi connectivity index (χ1) is 5.68. The molecule has 2 heteroatoms. The molecule has 0 N–H and O–H groups in total. The van der Waals surface area contributed by atoms with Crippen molar-refractivity contribution in [1.29, 1.82) is 5.26 Å². The maximum atomic E-state index is 9.10. The van der Waals surface area contributed by atoms with Crippen LogP contribution in [0.1, 0.15) is 33.6 Å². The van der Waals surface area contributed by atoms with Gasteiger partial charge in [-0.3, -0.25) is 4.90 Å². The lowest BCUT2D eigenvalue weighted by atomic mass is 9.69. The summed E-state index contributed by atoms with van der Waals surface area (Å²) < 4.78 is 0. The van der Waals surface area contributed by atoms with Crippen molar-refractivity contribution in [3.8, 4) is 6.07 Å². The number of hydrogen-bond acceptors (Lipinski definition) is 2. The largest absolute Gasteiger partial charge is 0.286 e. The molecule has 0 aromatic carbocycles. The Morgan fingerprint density at radius 1 is 1.42 bits per heavy atom. The van der Waals surface area contributed by atoms with Crippen LogP contribution >= 0.6 is 0 Å². The number of nitriles is 1. The molecule has 0 saturated heterocycles. The minimum Gasteiger partial charge on any atom is -0.286 e. The van der Waals surface area contributed by atoms with Crippen LogP contribution in [0.25, 0.3) is 0 Å². The van der Waals surface area contributed by atoms with Crippen LogP contribution in [0.4, 0.5) is 0 Å². The van der Waals surface area contributed by atoms with E-state index in [1.807, 2.05) is 0 Å². The van der Waals surface area contributed by atoms with Crippen molar-refractivity contribution in [3.05, 3.63) is 0 Å². The fraction of sp³-hybridized carbons (Fsp3) is 0.900. The highest BCUT2D eigenvalue weighted by atomic mass is 15.2. The van der Waals surface area contributed by atoms with Gasteiger partial charge in [0.15, 0.2) is 0 Å². The molecule has 0 radical (unpaired) electrons. The molecule has 0 amide bonds. The van der Waals surface area contributed by atoms with Crippen LogP contribution in [-0.2, 0) is 0 Å². The van der Waals surface area contributed by atoms with E-state index in [0.717, 1.165) is 31.8 Å². The monoisotopic (exact) mass is 166 g/mol. The molecule has 12 heavy (non-hydrogen) atoms. The average molecular weight is 166 g/mol. The van der Waals surface area contributed by atoms with Gasteiger partial charge in [-0.05, 0) is 31.8 Å². The first kappa shape index (κ1) is 9.54. The predicted molar refractivity (Wildman–Crippen MR) is 49.7 cm³/mol. The second kappa shape index (κ2) is 3.45. The summed E-state index contributed by atoms with van der Waals surface area (Å²) >= 11 is 0. The first-order valence-corrected chi connectivity index (χ1v) is 4.84. The molecule has 68 valence electrons. The molecule has 0 heterocycles. The fourth-order valence-electron chi connectivity index (χ4n) is 2.34. The summed E-state index contributed by atoms with van der Waals surface area (Å²) in [5, 5.41) is 9.10. The Morgan fingerprint density at radius 3 is 2.17 bits per heavy atom. The molecule has 1 fully saturated rings. The maximum Gasteiger partial charge on any atom is 0.109 e. The molecular weight excluding hydrogens is 148 g/mol. The van der Waals surface area contributed by atoms with Crippen LogP contribution in [0.3, 0.4) is 0 Å². The minimum atomic E-state index is -0.108. The van der Waals surface area contributed by atoms with Gasteiger partial charge in [0.2, 0.25) is 0 Å². The lowest BCUT2D eigenvalue weighted by molar-refractivity contribution is 0.0346. The van der Waals surface area contributed by atoms with Crippen LogP contribution in [0.2, 0.25) is 0 Å². The third kappa shape index (κ3) is 1.34. The summed E-state index contributed by atoms with van der Waals surface area (Å²) in [5.74, 6) is 0.741. The second-order valence-electron chi connectivity index (χ2n) is 3.83. The van der Waals surface area contributed by atoms with Crippen molar-refractivity contribution in [3.63, 3.8) is 0 Å². The zero-order chi connectivity index (χ0) is 9.19. The summed E-state index contributed by atoms with van der Waals surface area (Å²) in [6.45, 7) is 8.48. The van der Waals surface area contributed by atoms with Gasteiger partial charge < -0.3 is 0 Å². The van der Waals surface area contributed by atoms with Gasteiger partial charge >= 0.3 is 0 Å². The summed E-state index contributed by atoms with van der Waals surface area (Å²) in [4.78, 5) is 2.28. The van der Waals surface area contributed by atoms with Crippen molar-refractivity contribution in [2.45, 2.75) is 39.2 Å². The number of hydrogen-bond donors (Lipinski definition) is 0. The van der Waals surface area contributed by atoms with Crippen molar-refractivity contribution < 1.29 is 0 Å². The van der Waals surface area contributed by atoms with Crippen molar-refractivity contribution in [1.82, 2.24) is 4.90 Å². The Kier molecular flexibility index (Phi) is 2.74. The normalized spacial score (nSPS) is 34.4. The fourth-order valence-corrected chi connectivity index (χ4v) is 2.34. The Hall–Kier alpha value is -0.550. The molecule has 1 saturated carbocycles. The van der Waals surface area contributed by atoms with Gasteiger partial charge in [0.05, 0.1) is 6.07 Å². The van der Waals surface area contributed by atoms with Crippen molar-refractivity contribution in [2.75, 3.05) is 13.1 Å². The van der Waals surface area contributed by atoms with Crippen LogP contribution in [0.15, 0.2) is 0 Å². The quantitative estimate of drug-likeness (QED) is 0.641. The van der Waals surface area contributed by atoms with E-state index < -0.39 is 0 Å². The standard InChI is InChI=1S/C10H18N2/c1-4-12(5-2)10(8-11)6-9(3)7-10/h9H,4-7H2,1-3H3. The van der Waals surface area contributed by atoms with Gasteiger partial charge in [0.1, 0.15) is 5.54 Å². The Labute approximate surface area is 75.2 Å². The van der Waals surface area contributed by atoms with Gasteiger partial charge in [0.25, 0.3) is 0 Å². The second-order valence-corrected chi connectivity index (χ2v) is 3.83. The Morgan fingerprint density at radius 2 is 1.92 bits per heavy atom. The summed E-state index contributed by atoms with van der Waals surface area (Å²) in [5.41, 5.74) is -0.108. The van der Waals surface area contributed by atoms with E-state index in [2.05, 4.69) is 31.7 Å². The van der Waals surface area contributed by atoms with Gasteiger partial charge in [-0.15, -0.1) is 0 Å². The third-order valence-electron chi connectivity index (χ3n) is 2.95. The minimum absolute atomic E-state index is 0.108. The molecule has 0 spiro atoms. The first-order valence-electron chi connectivity index (χ1n) is 4.84. The summed E-state index contributed by atoms with van der Waals surface area (Å²) in [6, 6.07) is 2.47. The molecule has 1 aliphatic carbocycles. The van der Waals surface area contributed by atoms with Crippen LogP contribution in [-0.4, -0.2) is 23.5 Å². The molecule has 1 aliphatic rings. The van der Waals surface area contributed by atoms with E-state index in [1.165, 1.54) is 0 Å². The van der Waals surface area contributed by atoms with E-state index >= 15 is 0 Å². The summed E-state index contributed by atoms with van der Waals surface area (Å²) in [7, 11) is 0. The summed E-state index contributed by atoms with van der Waals surface area (Å²) in [6.07, 6.45) is 2.12. The lowest BCUT2D eigenvalue weighted by Crippen LogP contribution is -2.55. The average Bonchev–Trinajstić information content (AvgIpc) is 2.02. The maximum absolute atomic E-state index is 9.10. The highest BCUT2D eigenvalue weighted by Crippen LogP contribution is 2.41. The van der Waals surface area contributed by atoms with Gasteiger partial charge in [0, 0.05) is 0 Å². The Bertz CT molecular complexity index is 183. The van der Waals surface area contributed by atoms with E-state index in [-0.39, 0.29) is 5.54 Å². The van der Waals surface area contributed by atoms with Crippen LogP contribution in [0.5, 0.6) is 0 Å². The topological polar surface area (TPSA) is 27.0 Å². The molecule has 0 unspecified atom stereocenters. The van der Waals surface area contributed by atoms with Gasteiger partial charge in [-0.25, -0.2) is 0 Å². The zero-order valence-electron chi connectivity index (χ0n) is 8.30. The highest BCUT2D eigenvalue weighted by Gasteiger charge is 2.45. The lowest BCUT2D eigenvalue weighted by Gasteiger charge is -2.48. The smallest absolute Gasteiger partial charge is 0.109 e. The number of nitrogens with zero attached hydrogens (tertiary/aromatic N) is 2. The van der Waals surface area contributed by atoms with Gasteiger partial charge in [-0.1, -0.05) is 20.8 Å². The molecule has 0 aromatic rings. The predicted octanol–water partition coefficient (Wildman–Crippen LogP) is 2.02. The van der Waals surface area contributed by atoms with E-state index in [4.69, 9.17) is 5.26 Å². The van der Waals surface area contributed by atoms with Crippen molar-refractivity contribution >= 4 is 0 Å². The Balaban J connectivity index is 2.63. The van der Waals surface area contributed by atoms with Gasteiger partial charge in [-0.2, -0.15) is 5.26 Å². The van der Waals surface area contributed by atoms with Crippen LogP contribution in [0, 0.1) is 17.2 Å². The molecule has 0 aromatic heterocycles. The van der Waals surface area contributed by atoms with Crippen LogP contribution < -0.4 is 0 Å². The highest BCUT2D eigenvalue weighted by molar-refractivity contribution is 5.15. The molecule has 0 bridgehead atoms. The molecule has 0 aliphatic heterocycles. The number of rotatable bonds is 3. The molecular formula is C10H18N2. The molecule has 0 atom stereocenters. The van der Waals surface area contributed by atoms with E-state index in [9.17, 15) is 0 Å². The van der Waals surface area contributed by atoms with E-state index in [1.54, 1.807) is 0 Å².